The van der Waals surface area contributed by atoms with Gasteiger partial charge in [0.1, 0.15) is 0 Å². The number of hydrogen-bond acceptors (Lipinski definition) is 2. The first-order chi connectivity index (χ1) is 7.33. The van der Waals surface area contributed by atoms with E-state index in [1.54, 1.807) is 0 Å². The highest BCUT2D eigenvalue weighted by atomic mass is 35.5. The van der Waals surface area contributed by atoms with Crippen LogP contribution in [-0.4, -0.2) is 12.1 Å². The lowest BCUT2D eigenvalue weighted by atomic mass is 9.74. The molecule has 1 aliphatic heterocycles. The number of anilines is 2. The van der Waals surface area contributed by atoms with Gasteiger partial charge < -0.3 is 10.6 Å². The summed E-state index contributed by atoms with van der Waals surface area (Å²) in [6.45, 7) is 9.88. The van der Waals surface area contributed by atoms with Crippen LogP contribution in [0.1, 0.15) is 27.7 Å². The normalized spacial score (nSPS) is 21.3. The SMILES string of the molecule is CC1(C)CNc2cccc(Cl)c2NC1(C)C. The Bertz CT molecular complexity index is 410. The third-order valence-electron chi connectivity index (χ3n) is 3.86. The molecule has 0 radical (unpaired) electrons. The monoisotopic (exact) mass is 238 g/mol. The topological polar surface area (TPSA) is 24.1 Å². The van der Waals surface area contributed by atoms with Gasteiger partial charge >= 0.3 is 0 Å². The van der Waals surface area contributed by atoms with E-state index in [4.69, 9.17) is 11.6 Å². The van der Waals surface area contributed by atoms with Crippen LogP contribution in [-0.2, 0) is 0 Å². The van der Waals surface area contributed by atoms with E-state index in [1.165, 1.54) is 0 Å². The molecule has 0 fully saturated rings. The van der Waals surface area contributed by atoms with Gasteiger partial charge in [-0.3, -0.25) is 0 Å². The summed E-state index contributed by atoms with van der Waals surface area (Å²) in [6, 6.07) is 5.95. The molecule has 1 aliphatic rings. The molecular formula is C13H19ClN2. The quantitative estimate of drug-likeness (QED) is 0.715. The van der Waals surface area contributed by atoms with Gasteiger partial charge in [-0.2, -0.15) is 0 Å². The number of benzene rings is 1. The molecule has 0 amide bonds. The molecular weight excluding hydrogens is 220 g/mol. The fourth-order valence-corrected chi connectivity index (χ4v) is 2.04. The second-order valence-corrected chi connectivity index (χ2v) is 6.06. The van der Waals surface area contributed by atoms with E-state index in [0.717, 1.165) is 22.9 Å². The van der Waals surface area contributed by atoms with E-state index >= 15 is 0 Å². The zero-order valence-corrected chi connectivity index (χ0v) is 11.1. The van der Waals surface area contributed by atoms with Crippen molar-refractivity contribution >= 4 is 23.0 Å². The predicted octanol–water partition coefficient (Wildman–Crippen LogP) is 3.98. The molecule has 0 aliphatic carbocycles. The molecule has 2 N–H and O–H groups in total. The zero-order valence-electron chi connectivity index (χ0n) is 10.3. The van der Waals surface area contributed by atoms with Crippen molar-refractivity contribution in [1.82, 2.24) is 0 Å². The summed E-state index contributed by atoms with van der Waals surface area (Å²) in [5, 5.41) is 7.80. The van der Waals surface area contributed by atoms with Crippen LogP contribution in [0.15, 0.2) is 18.2 Å². The molecule has 0 saturated carbocycles. The molecule has 0 saturated heterocycles. The van der Waals surface area contributed by atoms with Gasteiger partial charge in [0, 0.05) is 17.5 Å². The minimum absolute atomic E-state index is 0.00373. The van der Waals surface area contributed by atoms with Crippen molar-refractivity contribution in [3.05, 3.63) is 23.2 Å². The fourth-order valence-electron chi connectivity index (χ4n) is 1.82. The number of halogens is 1. The Morgan fingerprint density at radius 3 is 2.56 bits per heavy atom. The molecule has 0 spiro atoms. The van der Waals surface area contributed by atoms with Crippen LogP contribution in [0, 0.1) is 5.41 Å². The molecule has 1 heterocycles. The highest BCUT2D eigenvalue weighted by Crippen LogP contribution is 2.42. The Labute approximate surface area is 102 Å². The van der Waals surface area contributed by atoms with Crippen molar-refractivity contribution in [1.29, 1.82) is 0 Å². The largest absolute Gasteiger partial charge is 0.383 e. The summed E-state index contributed by atoms with van der Waals surface area (Å²) in [5.74, 6) is 0. The highest BCUT2D eigenvalue weighted by Gasteiger charge is 2.39. The maximum atomic E-state index is 6.23. The van der Waals surface area contributed by atoms with Gasteiger partial charge in [0.15, 0.2) is 0 Å². The fraction of sp³-hybridized carbons (Fsp3) is 0.538. The predicted molar refractivity (Wildman–Crippen MR) is 71.4 cm³/mol. The molecule has 3 heteroatoms. The van der Waals surface area contributed by atoms with Gasteiger partial charge in [-0.25, -0.2) is 0 Å². The van der Waals surface area contributed by atoms with Crippen molar-refractivity contribution in [3.63, 3.8) is 0 Å². The smallest absolute Gasteiger partial charge is 0.0769 e. The average Bonchev–Trinajstić information content (AvgIpc) is 2.26. The Kier molecular flexibility index (Phi) is 2.58. The van der Waals surface area contributed by atoms with Crippen LogP contribution in [0.2, 0.25) is 5.02 Å². The molecule has 0 unspecified atom stereocenters. The minimum atomic E-state index is -0.00373. The number of fused-ring (bicyclic) bond motifs is 1. The van der Waals surface area contributed by atoms with Crippen LogP contribution in [0.4, 0.5) is 11.4 Å². The van der Waals surface area contributed by atoms with Crippen molar-refractivity contribution < 1.29 is 0 Å². The number of nitrogens with one attached hydrogen (secondary N) is 2. The van der Waals surface area contributed by atoms with Crippen LogP contribution in [0.5, 0.6) is 0 Å². The summed E-state index contributed by atoms with van der Waals surface area (Å²) in [5.41, 5.74) is 2.25. The standard InChI is InChI=1S/C13H19ClN2/c1-12(2)8-15-10-7-5-6-9(14)11(10)16-13(12,3)4/h5-7,15-16H,8H2,1-4H3. The van der Waals surface area contributed by atoms with Crippen LogP contribution < -0.4 is 10.6 Å². The Hall–Kier alpha value is -0.890. The Morgan fingerprint density at radius 1 is 1.19 bits per heavy atom. The van der Waals surface area contributed by atoms with Crippen LogP contribution in [0.25, 0.3) is 0 Å². The van der Waals surface area contributed by atoms with E-state index in [0.29, 0.717) is 0 Å². The molecule has 1 aromatic carbocycles. The first-order valence-corrected chi connectivity index (χ1v) is 6.02. The maximum Gasteiger partial charge on any atom is 0.0769 e. The summed E-state index contributed by atoms with van der Waals surface area (Å²) in [4.78, 5) is 0. The lowest BCUT2D eigenvalue weighted by molar-refractivity contribution is 0.245. The van der Waals surface area contributed by atoms with Gasteiger partial charge in [0.25, 0.3) is 0 Å². The van der Waals surface area contributed by atoms with Crippen molar-refractivity contribution in [2.24, 2.45) is 5.41 Å². The van der Waals surface area contributed by atoms with E-state index in [1.807, 2.05) is 12.1 Å². The number of rotatable bonds is 0. The molecule has 2 rings (SSSR count). The summed E-state index contributed by atoms with van der Waals surface area (Å²) in [6.07, 6.45) is 0. The van der Waals surface area contributed by atoms with Gasteiger partial charge in [-0.05, 0) is 26.0 Å². The second-order valence-electron chi connectivity index (χ2n) is 5.65. The highest BCUT2D eigenvalue weighted by molar-refractivity contribution is 6.34. The molecule has 2 nitrogen and oxygen atoms in total. The van der Waals surface area contributed by atoms with Gasteiger partial charge in [0.2, 0.25) is 0 Å². The van der Waals surface area contributed by atoms with E-state index < -0.39 is 0 Å². The van der Waals surface area contributed by atoms with E-state index in [2.05, 4.69) is 44.4 Å². The minimum Gasteiger partial charge on any atom is -0.383 e. The molecule has 1 aromatic rings. The Balaban J connectivity index is 2.49. The average molecular weight is 239 g/mol. The lowest BCUT2D eigenvalue weighted by Crippen LogP contribution is -2.48. The van der Waals surface area contributed by atoms with E-state index in [9.17, 15) is 0 Å². The Morgan fingerprint density at radius 2 is 1.88 bits per heavy atom. The van der Waals surface area contributed by atoms with Crippen LogP contribution >= 0.6 is 11.6 Å². The third kappa shape index (κ3) is 1.75. The number of para-hydroxylation sites is 1. The third-order valence-corrected chi connectivity index (χ3v) is 4.18. The van der Waals surface area contributed by atoms with Gasteiger partial charge in [0.05, 0.1) is 16.4 Å². The molecule has 88 valence electrons. The molecule has 16 heavy (non-hydrogen) atoms. The van der Waals surface area contributed by atoms with Crippen LogP contribution in [0.3, 0.4) is 0 Å². The maximum absolute atomic E-state index is 6.23. The summed E-state index contributed by atoms with van der Waals surface area (Å²) >= 11 is 6.23. The molecule has 0 atom stereocenters. The zero-order chi connectivity index (χ0) is 12.0. The van der Waals surface area contributed by atoms with Gasteiger partial charge in [-0.1, -0.05) is 31.5 Å². The van der Waals surface area contributed by atoms with Crippen molar-refractivity contribution in [2.45, 2.75) is 33.2 Å². The van der Waals surface area contributed by atoms with Crippen molar-refractivity contribution in [3.8, 4) is 0 Å². The second kappa shape index (κ2) is 3.56. The first kappa shape index (κ1) is 11.6. The number of hydrogen-bond donors (Lipinski definition) is 2. The summed E-state index contributed by atoms with van der Waals surface area (Å²) in [7, 11) is 0. The van der Waals surface area contributed by atoms with Gasteiger partial charge in [-0.15, -0.1) is 0 Å². The van der Waals surface area contributed by atoms with Crippen molar-refractivity contribution in [2.75, 3.05) is 17.2 Å². The van der Waals surface area contributed by atoms with E-state index in [-0.39, 0.29) is 11.0 Å². The first-order valence-electron chi connectivity index (χ1n) is 5.64. The molecule has 0 bridgehead atoms. The summed E-state index contributed by atoms with van der Waals surface area (Å²) < 4.78 is 0. The lowest BCUT2D eigenvalue weighted by Gasteiger charge is -2.41. The molecule has 0 aromatic heterocycles.